The zero-order valence-corrected chi connectivity index (χ0v) is 11.1. The van der Waals surface area contributed by atoms with Gasteiger partial charge in [-0.3, -0.25) is 4.79 Å². The number of phenols is 1. The Bertz CT molecular complexity index is 584. The monoisotopic (exact) mass is 307 g/mol. The second kappa shape index (κ2) is 5.14. The van der Waals surface area contributed by atoms with Crippen LogP contribution in [0.3, 0.4) is 0 Å². The molecule has 5 nitrogen and oxygen atoms in total. The quantitative estimate of drug-likeness (QED) is 0.894. The third-order valence-corrected chi connectivity index (χ3v) is 2.67. The van der Waals surface area contributed by atoms with Crippen LogP contribution in [0.1, 0.15) is 15.9 Å². The molecule has 0 radical (unpaired) electrons. The molecule has 18 heavy (non-hydrogen) atoms. The molecule has 1 amide bonds. The lowest BCUT2D eigenvalue weighted by Crippen LogP contribution is -2.13. The lowest BCUT2D eigenvalue weighted by atomic mass is 10.1. The van der Waals surface area contributed by atoms with Crippen LogP contribution in [0.2, 0.25) is 0 Å². The van der Waals surface area contributed by atoms with Gasteiger partial charge >= 0.3 is 0 Å². The third kappa shape index (κ3) is 2.84. The predicted molar refractivity (Wildman–Crippen MR) is 70.5 cm³/mol. The van der Waals surface area contributed by atoms with Crippen LogP contribution in [0.25, 0.3) is 0 Å². The Labute approximate surface area is 112 Å². The molecular formula is C12H10BrN3O2. The molecule has 92 valence electrons. The summed E-state index contributed by atoms with van der Waals surface area (Å²) in [5.41, 5.74) is 1.08. The summed E-state index contributed by atoms with van der Waals surface area (Å²) in [6.45, 7) is 1.83. The number of carbonyl (C=O) groups is 1. The summed E-state index contributed by atoms with van der Waals surface area (Å²) in [4.78, 5) is 19.8. The van der Waals surface area contributed by atoms with Crippen LogP contribution < -0.4 is 5.32 Å². The van der Waals surface area contributed by atoms with Crippen LogP contribution in [0.4, 0.5) is 5.82 Å². The SMILES string of the molecule is Cc1ccc(C(=O)Nc2cnc(Br)cn2)c(O)c1. The van der Waals surface area contributed by atoms with Gasteiger partial charge in [0.25, 0.3) is 5.91 Å². The number of hydrogen-bond donors (Lipinski definition) is 2. The zero-order valence-electron chi connectivity index (χ0n) is 9.51. The molecule has 2 N–H and O–H groups in total. The van der Waals surface area contributed by atoms with E-state index in [0.29, 0.717) is 10.4 Å². The highest BCUT2D eigenvalue weighted by Gasteiger charge is 2.11. The van der Waals surface area contributed by atoms with E-state index >= 15 is 0 Å². The van der Waals surface area contributed by atoms with Crippen molar-refractivity contribution in [2.24, 2.45) is 0 Å². The number of hydrogen-bond acceptors (Lipinski definition) is 4. The highest BCUT2D eigenvalue weighted by atomic mass is 79.9. The van der Waals surface area contributed by atoms with Gasteiger partial charge in [-0.25, -0.2) is 9.97 Å². The molecule has 0 atom stereocenters. The second-order valence-corrected chi connectivity index (χ2v) is 4.51. The number of benzene rings is 1. The molecule has 1 aromatic carbocycles. The molecule has 0 aliphatic rings. The molecule has 0 unspecified atom stereocenters. The number of nitrogens with one attached hydrogen (secondary N) is 1. The lowest BCUT2D eigenvalue weighted by Gasteiger charge is -2.06. The van der Waals surface area contributed by atoms with Gasteiger partial charge in [-0.2, -0.15) is 0 Å². The van der Waals surface area contributed by atoms with Crippen molar-refractivity contribution < 1.29 is 9.90 Å². The molecule has 0 bridgehead atoms. The van der Waals surface area contributed by atoms with Crippen molar-refractivity contribution in [3.63, 3.8) is 0 Å². The van der Waals surface area contributed by atoms with Gasteiger partial charge in [-0.05, 0) is 40.5 Å². The summed E-state index contributed by atoms with van der Waals surface area (Å²) in [7, 11) is 0. The number of anilines is 1. The van der Waals surface area contributed by atoms with Gasteiger partial charge in [-0.1, -0.05) is 6.07 Å². The molecule has 0 saturated carbocycles. The smallest absolute Gasteiger partial charge is 0.260 e. The van der Waals surface area contributed by atoms with Gasteiger partial charge < -0.3 is 10.4 Å². The van der Waals surface area contributed by atoms with E-state index < -0.39 is 5.91 Å². The summed E-state index contributed by atoms with van der Waals surface area (Å²) in [5.74, 6) is -0.162. The number of rotatable bonds is 2. The minimum absolute atomic E-state index is 0.0578. The molecule has 0 aliphatic heterocycles. The van der Waals surface area contributed by atoms with E-state index in [1.165, 1.54) is 18.5 Å². The Morgan fingerprint density at radius 3 is 2.72 bits per heavy atom. The molecule has 1 aromatic heterocycles. The molecule has 0 aliphatic carbocycles. The molecule has 1 heterocycles. The number of aromatic nitrogens is 2. The van der Waals surface area contributed by atoms with Gasteiger partial charge in [0.15, 0.2) is 5.82 Å². The van der Waals surface area contributed by atoms with Crippen LogP contribution in [0, 0.1) is 6.92 Å². The normalized spacial score (nSPS) is 10.1. The van der Waals surface area contributed by atoms with E-state index in [9.17, 15) is 9.90 Å². The van der Waals surface area contributed by atoms with E-state index in [4.69, 9.17) is 0 Å². The van der Waals surface area contributed by atoms with Gasteiger partial charge in [0.05, 0.1) is 18.0 Å². The molecule has 0 saturated heterocycles. The minimum atomic E-state index is -0.427. The summed E-state index contributed by atoms with van der Waals surface area (Å²) in [6, 6.07) is 4.84. The number of amides is 1. The molecule has 0 spiro atoms. The molecule has 2 rings (SSSR count). The highest BCUT2D eigenvalue weighted by Crippen LogP contribution is 2.19. The van der Waals surface area contributed by atoms with Crippen LogP contribution in [-0.4, -0.2) is 21.0 Å². The summed E-state index contributed by atoms with van der Waals surface area (Å²) >= 11 is 3.15. The summed E-state index contributed by atoms with van der Waals surface area (Å²) in [5, 5.41) is 12.2. The maximum absolute atomic E-state index is 11.9. The summed E-state index contributed by atoms with van der Waals surface area (Å²) in [6.07, 6.45) is 2.90. The Balaban J connectivity index is 2.19. The van der Waals surface area contributed by atoms with Crippen LogP contribution in [0.15, 0.2) is 35.2 Å². The average Bonchev–Trinajstić information content (AvgIpc) is 2.32. The van der Waals surface area contributed by atoms with Crippen molar-refractivity contribution in [3.8, 4) is 5.75 Å². The first kappa shape index (κ1) is 12.5. The van der Waals surface area contributed by atoms with Gasteiger partial charge in [0.1, 0.15) is 10.4 Å². The fourth-order valence-corrected chi connectivity index (χ4v) is 1.60. The van der Waals surface area contributed by atoms with Gasteiger partial charge in [0, 0.05) is 0 Å². The third-order valence-electron chi connectivity index (χ3n) is 2.26. The Hall–Kier alpha value is -1.95. The predicted octanol–water partition coefficient (Wildman–Crippen LogP) is 2.51. The number of aromatic hydroxyl groups is 1. The topological polar surface area (TPSA) is 75.1 Å². The highest BCUT2D eigenvalue weighted by molar-refractivity contribution is 9.10. The zero-order chi connectivity index (χ0) is 13.1. The minimum Gasteiger partial charge on any atom is -0.507 e. The van der Waals surface area contributed by atoms with Crippen LogP contribution >= 0.6 is 15.9 Å². The molecule has 6 heteroatoms. The maximum Gasteiger partial charge on any atom is 0.260 e. The standard InChI is InChI=1S/C12H10BrN3O2/c1-7-2-3-8(9(17)4-7)12(18)16-11-6-14-10(13)5-15-11/h2-6,17H,1H3,(H,15,16,18). The van der Waals surface area contributed by atoms with Crippen molar-refractivity contribution in [1.29, 1.82) is 0 Å². The van der Waals surface area contributed by atoms with Crippen molar-refractivity contribution in [1.82, 2.24) is 9.97 Å². The number of nitrogens with zero attached hydrogens (tertiary/aromatic N) is 2. The second-order valence-electron chi connectivity index (χ2n) is 3.70. The molecule has 2 aromatic rings. The fourth-order valence-electron chi connectivity index (χ4n) is 1.39. The van der Waals surface area contributed by atoms with Crippen LogP contribution in [-0.2, 0) is 0 Å². The number of carbonyl (C=O) groups excluding carboxylic acids is 1. The van der Waals surface area contributed by atoms with E-state index in [1.807, 2.05) is 6.92 Å². The average molecular weight is 308 g/mol. The molecule has 0 fully saturated rings. The molecular weight excluding hydrogens is 298 g/mol. The van der Waals surface area contributed by atoms with E-state index in [1.54, 1.807) is 12.1 Å². The maximum atomic E-state index is 11.9. The first-order valence-corrected chi connectivity index (χ1v) is 5.94. The number of aryl methyl sites for hydroxylation is 1. The Morgan fingerprint density at radius 1 is 1.33 bits per heavy atom. The Morgan fingerprint density at radius 2 is 2.11 bits per heavy atom. The first-order valence-electron chi connectivity index (χ1n) is 5.15. The van der Waals surface area contributed by atoms with E-state index in [2.05, 4.69) is 31.2 Å². The van der Waals surface area contributed by atoms with Crippen molar-refractivity contribution in [3.05, 3.63) is 46.3 Å². The van der Waals surface area contributed by atoms with E-state index in [0.717, 1.165) is 5.56 Å². The fraction of sp³-hybridized carbons (Fsp3) is 0.0833. The summed E-state index contributed by atoms with van der Waals surface area (Å²) < 4.78 is 0.582. The lowest BCUT2D eigenvalue weighted by molar-refractivity contribution is 0.102. The van der Waals surface area contributed by atoms with Gasteiger partial charge in [-0.15, -0.1) is 0 Å². The largest absolute Gasteiger partial charge is 0.507 e. The van der Waals surface area contributed by atoms with Crippen molar-refractivity contribution in [2.45, 2.75) is 6.92 Å². The van der Waals surface area contributed by atoms with E-state index in [-0.39, 0.29) is 11.3 Å². The number of halogens is 1. The van der Waals surface area contributed by atoms with Crippen LogP contribution in [0.5, 0.6) is 5.75 Å². The van der Waals surface area contributed by atoms with Crippen molar-refractivity contribution >= 4 is 27.7 Å². The Kier molecular flexibility index (Phi) is 3.57. The van der Waals surface area contributed by atoms with Crippen molar-refractivity contribution in [2.75, 3.05) is 5.32 Å². The first-order chi connectivity index (χ1) is 8.56. The number of phenolic OH excluding ortho intramolecular Hbond substituents is 1. The van der Waals surface area contributed by atoms with Gasteiger partial charge in [0.2, 0.25) is 0 Å².